The number of hydrogen-bond donors (Lipinski definition) is 2. The van der Waals surface area contributed by atoms with Gasteiger partial charge in [-0.15, -0.1) is 0 Å². The van der Waals surface area contributed by atoms with Crippen molar-refractivity contribution in [2.45, 2.75) is 70.9 Å². The van der Waals surface area contributed by atoms with Crippen LogP contribution in [-0.4, -0.2) is 29.9 Å². The third-order valence-corrected chi connectivity index (χ3v) is 4.19. The molecule has 1 fully saturated rings. The monoisotopic (exact) mass is 272 g/mol. The van der Waals surface area contributed by atoms with Crippen LogP contribution >= 0.6 is 12.2 Å². The van der Waals surface area contributed by atoms with E-state index in [0.717, 1.165) is 43.9 Å². The highest BCUT2D eigenvalue weighted by Crippen LogP contribution is 2.31. The van der Waals surface area contributed by atoms with Gasteiger partial charge in [0.1, 0.15) is 0 Å². The van der Waals surface area contributed by atoms with Gasteiger partial charge in [-0.05, 0) is 44.3 Å². The zero-order valence-electron chi connectivity index (χ0n) is 12.1. The highest BCUT2D eigenvalue weighted by Gasteiger charge is 2.34. The minimum absolute atomic E-state index is 0.0644. The Morgan fingerprint density at radius 1 is 1.33 bits per heavy atom. The van der Waals surface area contributed by atoms with Gasteiger partial charge in [-0.2, -0.15) is 0 Å². The Bertz CT molecular complexity index is 254. The maximum Gasteiger partial charge on any atom is 0.166 e. The molecule has 0 aromatic rings. The number of hydrogen-bond acceptors (Lipinski definition) is 2. The third-order valence-electron chi connectivity index (χ3n) is 3.93. The van der Waals surface area contributed by atoms with E-state index in [1.54, 1.807) is 0 Å². The van der Waals surface area contributed by atoms with Gasteiger partial charge in [0.15, 0.2) is 5.11 Å². The lowest BCUT2D eigenvalue weighted by molar-refractivity contribution is -0.0910. The number of nitrogens with one attached hydrogen (secondary N) is 2. The summed E-state index contributed by atoms with van der Waals surface area (Å²) in [5.41, 5.74) is 0.0644. The first-order valence-electron chi connectivity index (χ1n) is 7.34. The molecule has 18 heavy (non-hydrogen) atoms. The van der Waals surface area contributed by atoms with Crippen LogP contribution in [0.2, 0.25) is 0 Å². The minimum Gasteiger partial charge on any atom is -0.375 e. The molecular weight excluding hydrogens is 244 g/mol. The summed E-state index contributed by atoms with van der Waals surface area (Å²) in [7, 11) is 0. The zero-order valence-corrected chi connectivity index (χ0v) is 12.9. The smallest absolute Gasteiger partial charge is 0.166 e. The fraction of sp³-hybridized carbons (Fsp3) is 0.929. The van der Waals surface area contributed by atoms with E-state index in [0.29, 0.717) is 6.04 Å². The second-order valence-electron chi connectivity index (χ2n) is 5.18. The van der Waals surface area contributed by atoms with Crippen LogP contribution in [0.4, 0.5) is 0 Å². The lowest BCUT2D eigenvalue weighted by atomic mass is 9.86. The predicted octanol–water partition coefficient (Wildman–Crippen LogP) is 2.99. The standard InChI is InChI=1S/C14H28N2OS/c1-4-7-9-15-13(18)16-12-8-10-17-14(5-2,6-3)11-12/h12H,4-11H2,1-3H3,(H2,15,16,18). The van der Waals surface area contributed by atoms with Crippen LogP contribution in [-0.2, 0) is 4.74 Å². The molecule has 0 aromatic carbocycles. The normalized spacial score (nSPS) is 22.5. The number of unbranched alkanes of at least 4 members (excludes halogenated alkanes) is 1. The van der Waals surface area contributed by atoms with Gasteiger partial charge in [-0.1, -0.05) is 27.2 Å². The van der Waals surface area contributed by atoms with Gasteiger partial charge in [0.25, 0.3) is 0 Å². The van der Waals surface area contributed by atoms with E-state index in [1.807, 2.05) is 0 Å². The molecule has 0 aliphatic carbocycles. The first-order chi connectivity index (χ1) is 8.65. The molecule has 1 heterocycles. The molecule has 106 valence electrons. The number of ether oxygens (including phenoxy) is 1. The first kappa shape index (κ1) is 15.7. The molecule has 3 nitrogen and oxygen atoms in total. The van der Waals surface area contributed by atoms with E-state index in [2.05, 4.69) is 31.4 Å². The SMILES string of the molecule is CCCCNC(=S)NC1CCOC(CC)(CC)C1. The van der Waals surface area contributed by atoms with Crippen molar-refractivity contribution >= 4 is 17.3 Å². The summed E-state index contributed by atoms with van der Waals surface area (Å²) in [6.07, 6.45) is 6.65. The second kappa shape index (κ2) is 7.95. The second-order valence-corrected chi connectivity index (χ2v) is 5.59. The maximum absolute atomic E-state index is 5.97. The molecule has 0 radical (unpaired) electrons. The molecule has 1 saturated heterocycles. The Labute approximate surface area is 117 Å². The van der Waals surface area contributed by atoms with Gasteiger partial charge < -0.3 is 15.4 Å². The largest absolute Gasteiger partial charge is 0.375 e. The van der Waals surface area contributed by atoms with Crippen LogP contribution < -0.4 is 10.6 Å². The van der Waals surface area contributed by atoms with E-state index in [-0.39, 0.29) is 5.60 Å². The molecule has 4 heteroatoms. The highest BCUT2D eigenvalue weighted by molar-refractivity contribution is 7.80. The molecule has 1 aliphatic rings. The van der Waals surface area contributed by atoms with Gasteiger partial charge in [0.2, 0.25) is 0 Å². The Kier molecular flexibility index (Phi) is 6.94. The average Bonchev–Trinajstić information content (AvgIpc) is 2.39. The summed E-state index contributed by atoms with van der Waals surface area (Å²) in [4.78, 5) is 0. The summed E-state index contributed by atoms with van der Waals surface area (Å²) < 4.78 is 5.97. The summed E-state index contributed by atoms with van der Waals surface area (Å²) in [6, 6.07) is 0.459. The molecule has 0 amide bonds. The fourth-order valence-electron chi connectivity index (χ4n) is 2.51. The lowest BCUT2D eigenvalue weighted by Gasteiger charge is -2.40. The van der Waals surface area contributed by atoms with Crippen LogP contribution in [0, 0.1) is 0 Å². The molecule has 0 spiro atoms. The number of thiocarbonyl (C=S) groups is 1. The van der Waals surface area contributed by atoms with Crippen LogP contribution in [0.25, 0.3) is 0 Å². The fourth-order valence-corrected chi connectivity index (χ4v) is 2.78. The topological polar surface area (TPSA) is 33.3 Å². The van der Waals surface area contributed by atoms with Crippen molar-refractivity contribution < 1.29 is 4.74 Å². The van der Waals surface area contributed by atoms with E-state index in [4.69, 9.17) is 17.0 Å². The van der Waals surface area contributed by atoms with Gasteiger partial charge in [-0.25, -0.2) is 0 Å². The van der Waals surface area contributed by atoms with E-state index in [9.17, 15) is 0 Å². The molecule has 0 aromatic heterocycles. The Balaban J connectivity index is 2.35. The van der Waals surface area contributed by atoms with Crippen molar-refractivity contribution in [1.82, 2.24) is 10.6 Å². The minimum atomic E-state index is 0.0644. The zero-order chi connectivity index (χ0) is 13.4. The summed E-state index contributed by atoms with van der Waals surface area (Å²) in [5.74, 6) is 0. The average molecular weight is 272 g/mol. The summed E-state index contributed by atoms with van der Waals surface area (Å²) in [5, 5.41) is 7.52. The first-order valence-corrected chi connectivity index (χ1v) is 7.75. The highest BCUT2D eigenvalue weighted by atomic mass is 32.1. The Hall–Kier alpha value is -0.350. The molecule has 1 unspecified atom stereocenters. The predicted molar refractivity (Wildman–Crippen MR) is 80.9 cm³/mol. The van der Waals surface area contributed by atoms with Crippen molar-refractivity contribution in [3.05, 3.63) is 0 Å². The van der Waals surface area contributed by atoms with E-state index < -0.39 is 0 Å². The van der Waals surface area contributed by atoms with Gasteiger partial charge in [-0.3, -0.25) is 0 Å². The van der Waals surface area contributed by atoms with Crippen molar-refractivity contribution in [2.75, 3.05) is 13.2 Å². The molecule has 1 rings (SSSR count). The molecule has 2 N–H and O–H groups in total. The summed E-state index contributed by atoms with van der Waals surface area (Å²) in [6.45, 7) is 8.43. The van der Waals surface area contributed by atoms with Crippen molar-refractivity contribution in [3.63, 3.8) is 0 Å². The maximum atomic E-state index is 5.97. The summed E-state index contributed by atoms with van der Waals surface area (Å²) >= 11 is 5.33. The number of rotatable bonds is 6. The van der Waals surface area contributed by atoms with Gasteiger partial charge in [0, 0.05) is 19.2 Å². The van der Waals surface area contributed by atoms with Crippen LogP contribution in [0.5, 0.6) is 0 Å². The van der Waals surface area contributed by atoms with Crippen molar-refractivity contribution in [1.29, 1.82) is 0 Å². The molecule has 0 saturated carbocycles. The van der Waals surface area contributed by atoms with Crippen LogP contribution in [0.15, 0.2) is 0 Å². The van der Waals surface area contributed by atoms with Gasteiger partial charge >= 0.3 is 0 Å². The van der Waals surface area contributed by atoms with Crippen LogP contribution in [0.1, 0.15) is 59.3 Å². The molecule has 0 bridgehead atoms. The van der Waals surface area contributed by atoms with E-state index >= 15 is 0 Å². The quantitative estimate of drug-likeness (QED) is 0.575. The third kappa shape index (κ3) is 4.73. The lowest BCUT2D eigenvalue weighted by Crippen LogP contribution is -2.50. The molecular formula is C14H28N2OS. The van der Waals surface area contributed by atoms with E-state index in [1.165, 1.54) is 12.8 Å². The van der Waals surface area contributed by atoms with Crippen molar-refractivity contribution in [2.24, 2.45) is 0 Å². The van der Waals surface area contributed by atoms with Crippen molar-refractivity contribution in [3.8, 4) is 0 Å². The molecule has 1 aliphatic heterocycles. The van der Waals surface area contributed by atoms with Crippen LogP contribution in [0.3, 0.4) is 0 Å². The Morgan fingerprint density at radius 3 is 2.67 bits per heavy atom. The Morgan fingerprint density at radius 2 is 2.06 bits per heavy atom. The van der Waals surface area contributed by atoms with Gasteiger partial charge in [0.05, 0.1) is 5.60 Å². The molecule has 1 atom stereocenters.